The predicted octanol–water partition coefficient (Wildman–Crippen LogP) is 0.0479. The minimum absolute atomic E-state index is 0.297. The summed E-state index contributed by atoms with van der Waals surface area (Å²) in [5.41, 5.74) is 5.49. The summed E-state index contributed by atoms with van der Waals surface area (Å²) in [5, 5.41) is 2.67. The highest BCUT2D eigenvalue weighted by molar-refractivity contribution is 7.92. The van der Waals surface area contributed by atoms with Gasteiger partial charge >= 0.3 is 0 Å². The molecule has 0 aliphatic carbocycles. The van der Waals surface area contributed by atoms with Crippen LogP contribution in [0.4, 0.5) is 11.6 Å². The summed E-state index contributed by atoms with van der Waals surface area (Å²) in [6.07, 6.45) is 2.82. The Labute approximate surface area is 94.2 Å². The van der Waals surface area contributed by atoms with Gasteiger partial charge in [0.2, 0.25) is 0 Å². The molecule has 0 amide bonds. The van der Waals surface area contributed by atoms with Crippen LogP contribution in [0.2, 0.25) is 0 Å². The van der Waals surface area contributed by atoms with Crippen molar-refractivity contribution in [1.29, 1.82) is 0 Å². The lowest BCUT2D eigenvalue weighted by molar-refractivity contribution is 0.591. The van der Waals surface area contributed by atoms with Gasteiger partial charge in [0.05, 0.1) is 11.0 Å². The highest BCUT2D eigenvalue weighted by atomic mass is 32.2. The van der Waals surface area contributed by atoms with Gasteiger partial charge in [0.25, 0.3) is 0 Å². The fourth-order valence-corrected chi connectivity index (χ4v) is 3.54. The molecule has 1 atom stereocenters. The summed E-state index contributed by atoms with van der Waals surface area (Å²) in [6.45, 7) is 0.388. The third-order valence-corrected chi connectivity index (χ3v) is 4.94. The zero-order chi connectivity index (χ0) is 11.6. The van der Waals surface area contributed by atoms with E-state index in [4.69, 9.17) is 5.73 Å². The molecule has 0 radical (unpaired) electrons. The van der Waals surface area contributed by atoms with E-state index in [-0.39, 0.29) is 5.25 Å². The molecule has 0 saturated carbocycles. The SMILES string of the molecule is Nc1cc(NCC2CCCS2(=O)=O)ncn1. The van der Waals surface area contributed by atoms with Crippen LogP contribution in [0.25, 0.3) is 0 Å². The van der Waals surface area contributed by atoms with Gasteiger partial charge in [0.15, 0.2) is 9.84 Å². The van der Waals surface area contributed by atoms with E-state index >= 15 is 0 Å². The number of aromatic nitrogens is 2. The second kappa shape index (κ2) is 4.25. The highest BCUT2D eigenvalue weighted by Gasteiger charge is 2.30. The zero-order valence-electron chi connectivity index (χ0n) is 8.76. The van der Waals surface area contributed by atoms with Crippen molar-refractivity contribution < 1.29 is 8.42 Å². The molecule has 0 spiro atoms. The average molecular weight is 242 g/mol. The fraction of sp³-hybridized carbons (Fsp3) is 0.556. The lowest BCUT2D eigenvalue weighted by Gasteiger charge is -2.10. The molecule has 0 bridgehead atoms. The number of rotatable bonds is 3. The van der Waals surface area contributed by atoms with E-state index in [1.54, 1.807) is 6.07 Å². The minimum atomic E-state index is -2.90. The number of anilines is 2. The lowest BCUT2D eigenvalue weighted by Crippen LogP contribution is -2.25. The van der Waals surface area contributed by atoms with Crippen molar-refractivity contribution in [3.8, 4) is 0 Å². The second-order valence-electron chi connectivity index (χ2n) is 3.84. The zero-order valence-corrected chi connectivity index (χ0v) is 9.57. The first-order valence-corrected chi connectivity index (χ1v) is 6.82. The van der Waals surface area contributed by atoms with Crippen LogP contribution in [0.15, 0.2) is 12.4 Å². The number of hydrogen-bond donors (Lipinski definition) is 2. The van der Waals surface area contributed by atoms with Gasteiger partial charge in [-0.15, -0.1) is 0 Å². The van der Waals surface area contributed by atoms with E-state index in [0.717, 1.165) is 12.8 Å². The van der Waals surface area contributed by atoms with Crippen LogP contribution in [-0.2, 0) is 9.84 Å². The summed E-state index contributed by atoms with van der Waals surface area (Å²) < 4.78 is 23.1. The summed E-state index contributed by atoms with van der Waals surface area (Å²) in [5.74, 6) is 1.23. The molecule has 2 rings (SSSR count). The molecule has 0 aromatic carbocycles. The normalized spacial score (nSPS) is 23.1. The van der Waals surface area contributed by atoms with Gasteiger partial charge in [-0.05, 0) is 12.8 Å². The Bertz CT molecular complexity index is 474. The number of nitrogens with two attached hydrogens (primary N) is 1. The summed E-state index contributed by atoms with van der Waals surface area (Å²) in [6, 6.07) is 1.58. The molecule has 1 fully saturated rings. The van der Waals surface area contributed by atoms with Crippen molar-refractivity contribution in [3.63, 3.8) is 0 Å². The predicted molar refractivity (Wildman–Crippen MR) is 61.7 cm³/mol. The van der Waals surface area contributed by atoms with Gasteiger partial charge in [-0.25, -0.2) is 18.4 Å². The molecule has 88 valence electrons. The molecule has 1 aliphatic heterocycles. The van der Waals surface area contributed by atoms with Crippen molar-refractivity contribution in [2.45, 2.75) is 18.1 Å². The van der Waals surface area contributed by atoms with Crippen molar-refractivity contribution in [1.82, 2.24) is 9.97 Å². The summed E-state index contributed by atoms with van der Waals surface area (Å²) in [4.78, 5) is 7.71. The van der Waals surface area contributed by atoms with Crippen molar-refractivity contribution in [2.75, 3.05) is 23.3 Å². The lowest BCUT2D eigenvalue weighted by atomic mass is 10.2. The first kappa shape index (κ1) is 11.1. The van der Waals surface area contributed by atoms with E-state index in [1.165, 1.54) is 6.33 Å². The molecule has 1 saturated heterocycles. The van der Waals surface area contributed by atoms with Crippen LogP contribution in [0.3, 0.4) is 0 Å². The Morgan fingerprint density at radius 2 is 2.31 bits per heavy atom. The fourth-order valence-electron chi connectivity index (χ4n) is 1.77. The van der Waals surface area contributed by atoms with Gasteiger partial charge in [0.1, 0.15) is 18.0 Å². The number of hydrogen-bond acceptors (Lipinski definition) is 6. The molecule has 3 N–H and O–H groups in total. The van der Waals surface area contributed by atoms with Gasteiger partial charge in [-0.2, -0.15) is 0 Å². The first-order valence-electron chi connectivity index (χ1n) is 5.11. The molecule has 7 heteroatoms. The van der Waals surface area contributed by atoms with Crippen LogP contribution in [-0.4, -0.2) is 35.9 Å². The van der Waals surface area contributed by atoms with E-state index in [2.05, 4.69) is 15.3 Å². The first-order chi connectivity index (χ1) is 7.58. The molecule has 2 heterocycles. The maximum absolute atomic E-state index is 11.6. The highest BCUT2D eigenvalue weighted by Crippen LogP contribution is 2.20. The Morgan fingerprint density at radius 1 is 1.50 bits per heavy atom. The van der Waals surface area contributed by atoms with Crippen LogP contribution in [0.5, 0.6) is 0 Å². The Balaban J connectivity index is 1.98. The quantitative estimate of drug-likeness (QED) is 0.777. The summed E-state index contributed by atoms with van der Waals surface area (Å²) >= 11 is 0. The molecular weight excluding hydrogens is 228 g/mol. The maximum atomic E-state index is 11.6. The smallest absolute Gasteiger partial charge is 0.154 e. The molecule has 6 nitrogen and oxygen atoms in total. The van der Waals surface area contributed by atoms with Gasteiger partial charge in [0, 0.05) is 12.6 Å². The van der Waals surface area contributed by atoms with Crippen LogP contribution < -0.4 is 11.1 Å². The molecule has 1 aromatic rings. The van der Waals surface area contributed by atoms with Crippen LogP contribution >= 0.6 is 0 Å². The Morgan fingerprint density at radius 3 is 2.94 bits per heavy atom. The van der Waals surface area contributed by atoms with Crippen LogP contribution in [0, 0.1) is 0 Å². The monoisotopic (exact) mass is 242 g/mol. The maximum Gasteiger partial charge on any atom is 0.154 e. The van der Waals surface area contributed by atoms with Gasteiger partial charge in [-0.3, -0.25) is 0 Å². The van der Waals surface area contributed by atoms with Gasteiger partial charge in [-0.1, -0.05) is 0 Å². The third-order valence-electron chi connectivity index (χ3n) is 2.66. The molecule has 16 heavy (non-hydrogen) atoms. The minimum Gasteiger partial charge on any atom is -0.384 e. The Hall–Kier alpha value is -1.37. The molecule has 1 aromatic heterocycles. The molecule has 1 aliphatic rings. The summed E-state index contributed by atoms with van der Waals surface area (Å²) in [7, 11) is -2.90. The number of nitrogens with zero attached hydrogens (tertiary/aromatic N) is 2. The second-order valence-corrected chi connectivity index (χ2v) is 6.24. The van der Waals surface area contributed by atoms with E-state index in [1.807, 2.05) is 0 Å². The Kier molecular flexibility index (Phi) is 2.95. The van der Waals surface area contributed by atoms with E-state index in [9.17, 15) is 8.42 Å². The van der Waals surface area contributed by atoms with Crippen molar-refractivity contribution >= 4 is 21.5 Å². The third kappa shape index (κ3) is 2.41. The van der Waals surface area contributed by atoms with Crippen molar-refractivity contribution in [3.05, 3.63) is 12.4 Å². The largest absolute Gasteiger partial charge is 0.384 e. The number of nitrogens with one attached hydrogen (secondary N) is 1. The topological polar surface area (TPSA) is 98.0 Å². The molecular formula is C9H14N4O2S. The van der Waals surface area contributed by atoms with Crippen LogP contribution in [0.1, 0.15) is 12.8 Å². The van der Waals surface area contributed by atoms with Gasteiger partial charge < -0.3 is 11.1 Å². The average Bonchev–Trinajstić information content (AvgIpc) is 2.55. The molecule has 1 unspecified atom stereocenters. The van der Waals surface area contributed by atoms with Crippen molar-refractivity contribution in [2.24, 2.45) is 0 Å². The standard InChI is InChI=1S/C9H14N4O2S/c10-8-4-9(13-6-12-8)11-5-7-2-1-3-16(7,14)15/h4,6-7H,1-3,5H2,(H3,10,11,12,13). The van der Waals surface area contributed by atoms with E-state index in [0.29, 0.717) is 23.9 Å². The number of sulfone groups is 1. The van der Waals surface area contributed by atoms with E-state index < -0.39 is 9.84 Å². The number of nitrogen functional groups attached to an aromatic ring is 1.